The standard InChI is InChI=1S/C27H26N4O2/c1-33-16-15-31-14-13-20-11-12-21(18-25(20)31)27(32)30-24(17-19-7-3-2-4-8-19)26-28-22-9-5-6-10-23(22)29-26/h2-14,18,24H,15-17H2,1H3,(H,28,29)(H,30,32). The van der Waals surface area contributed by atoms with E-state index in [1.54, 1.807) is 7.11 Å². The lowest BCUT2D eigenvalue weighted by Gasteiger charge is -2.17. The summed E-state index contributed by atoms with van der Waals surface area (Å²) in [6.07, 6.45) is 2.66. The second-order valence-electron chi connectivity index (χ2n) is 8.13. The molecule has 2 heterocycles. The molecule has 5 rings (SSSR count). The fourth-order valence-electron chi connectivity index (χ4n) is 4.15. The van der Waals surface area contributed by atoms with Crippen molar-refractivity contribution >= 4 is 27.8 Å². The van der Waals surface area contributed by atoms with Crippen LogP contribution in [0.1, 0.15) is 27.8 Å². The number of carbonyl (C=O) groups is 1. The van der Waals surface area contributed by atoms with Crippen molar-refractivity contribution in [1.82, 2.24) is 19.9 Å². The molecule has 166 valence electrons. The van der Waals surface area contributed by atoms with E-state index >= 15 is 0 Å². The van der Waals surface area contributed by atoms with Crippen LogP contribution >= 0.6 is 0 Å². The van der Waals surface area contributed by atoms with Crippen LogP contribution in [0.15, 0.2) is 85.1 Å². The number of fused-ring (bicyclic) bond motifs is 2. The largest absolute Gasteiger partial charge is 0.383 e. The number of carbonyl (C=O) groups excluding carboxylic acids is 1. The van der Waals surface area contributed by atoms with Gasteiger partial charge in [-0.15, -0.1) is 0 Å². The maximum atomic E-state index is 13.3. The molecule has 1 unspecified atom stereocenters. The van der Waals surface area contributed by atoms with Crippen LogP contribution in [0.3, 0.4) is 0 Å². The van der Waals surface area contributed by atoms with Gasteiger partial charge in [-0.1, -0.05) is 48.5 Å². The van der Waals surface area contributed by atoms with Gasteiger partial charge < -0.3 is 19.6 Å². The monoisotopic (exact) mass is 438 g/mol. The Morgan fingerprint density at radius 3 is 2.70 bits per heavy atom. The SMILES string of the molecule is COCCn1ccc2ccc(C(=O)NC(Cc3ccccc3)c3nc4ccccc4[nH]3)cc21. The summed E-state index contributed by atoms with van der Waals surface area (Å²) in [5, 5.41) is 4.31. The third kappa shape index (κ3) is 4.52. The van der Waals surface area contributed by atoms with Crippen molar-refractivity contribution in [2.45, 2.75) is 19.0 Å². The van der Waals surface area contributed by atoms with Gasteiger partial charge in [0.25, 0.3) is 5.91 Å². The number of aromatic nitrogens is 3. The first-order chi connectivity index (χ1) is 16.2. The number of aromatic amines is 1. The molecule has 33 heavy (non-hydrogen) atoms. The zero-order valence-corrected chi connectivity index (χ0v) is 18.5. The summed E-state index contributed by atoms with van der Waals surface area (Å²) >= 11 is 0. The quantitative estimate of drug-likeness (QED) is 0.363. The van der Waals surface area contributed by atoms with Gasteiger partial charge in [-0.25, -0.2) is 4.98 Å². The molecule has 6 nitrogen and oxygen atoms in total. The average molecular weight is 439 g/mol. The molecule has 0 saturated carbocycles. The Hall–Kier alpha value is -3.90. The number of rotatable bonds is 8. The number of benzene rings is 3. The number of imidazole rings is 1. The van der Waals surface area contributed by atoms with E-state index < -0.39 is 0 Å². The van der Waals surface area contributed by atoms with Crippen LogP contribution in [0.2, 0.25) is 0 Å². The van der Waals surface area contributed by atoms with Crippen LogP contribution < -0.4 is 5.32 Å². The second-order valence-corrected chi connectivity index (χ2v) is 8.13. The first kappa shape index (κ1) is 21.0. The van der Waals surface area contributed by atoms with Crippen LogP contribution in [0, 0.1) is 0 Å². The van der Waals surface area contributed by atoms with Crippen LogP contribution in [0.25, 0.3) is 21.9 Å². The number of nitrogens with zero attached hydrogens (tertiary/aromatic N) is 2. The molecule has 0 fully saturated rings. The first-order valence-corrected chi connectivity index (χ1v) is 11.1. The maximum absolute atomic E-state index is 13.3. The fourth-order valence-corrected chi connectivity index (χ4v) is 4.15. The van der Waals surface area contributed by atoms with E-state index in [1.807, 2.05) is 66.9 Å². The molecule has 0 radical (unpaired) electrons. The zero-order chi connectivity index (χ0) is 22.6. The highest BCUT2D eigenvalue weighted by Gasteiger charge is 2.20. The molecule has 1 atom stereocenters. The van der Waals surface area contributed by atoms with Crippen molar-refractivity contribution in [3.05, 3.63) is 102 Å². The van der Waals surface area contributed by atoms with Crippen molar-refractivity contribution in [2.24, 2.45) is 0 Å². The average Bonchev–Trinajstić information content (AvgIpc) is 3.46. The summed E-state index contributed by atoms with van der Waals surface area (Å²) in [6, 6.07) is 25.6. The van der Waals surface area contributed by atoms with Gasteiger partial charge >= 0.3 is 0 Å². The van der Waals surface area contributed by atoms with Gasteiger partial charge in [-0.2, -0.15) is 0 Å². The second kappa shape index (κ2) is 9.30. The van der Waals surface area contributed by atoms with E-state index in [0.717, 1.165) is 39.9 Å². The van der Waals surface area contributed by atoms with Crippen LogP contribution in [-0.4, -0.2) is 34.2 Å². The number of methoxy groups -OCH3 is 1. The number of amides is 1. The molecule has 2 aromatic heterocycles. The molecule has 0 aliphatic rings. The third-order valence-corrected chi connectivity index (χ3v) is 5.90. The van der Waals surface area contributed by atoms with Crippen molar-refractivity contribution in [3.8, 4) is 0 Å². The maximum Gasteiger partial charge on any atom is 0.251 e. The molecule has 0 aliphatic carbocycles. The van der Waals surface area contributed by atoms with Gasteiger partial charge in [0.15, 0.2) is 0 Å². The Morgan fingerprint density at radius 1 is 1.06 bits per heavy atom. The first-order valence-electron chi connectivity index (χ1n) is 11.1. The highest BCUT2D eigenvalue weighted by Crippen LogP contribution is 2.22. The third-order valence-electron chi connectivity index (χ3n) is 5.90. The van der Waals surface area contributed by atoms with Crippen molar-refractivity contribution in [1.29, 1.82) is 0 Å². The summed E-state index contributed by atoms with van der Waals surface area (Å²) in [7, 11) is 1.69. The van der Waals surface area contributed by atoms with Crippen LogP contribution in [-0.2, 0) is 17.7 Å². The van der Waals surface area contributed by atoms with E-state index in [4.69, 9.17) is 9.72 Å². The minimum absolute atomic E-state index is 0.127. The molecule has 0 spiro atoms. The Balaban J connectivity index is 1.45. The van der Waals surface area contributed by atoms with Crippen LogP contribution in [0.4, 0.5) is 0 Å². The fraction of sp³-hybridized carbons (Fsp3) is 0.185. The lowest BCUT2D eigenvalue weighted by atomic mass is 10.0. The minimum atomic E-state index is -0.289. The summed E-state index contributed by atoms with van der Waals surface area (Å²) in [4.78, 5) is 21.5. The Morgan fingerprint density at radius 2 is 1.88 bits per heavy atom. The predicted octanol–water partition coefficient (Wildman–Crippen LogP) is 4.88. The van der Waals surface area contributed by atoms with E-state index in [2.05, 4.69) is 33.1 Å². The van der Waals surface area contributed by atoms with Gasteiger partial charge in [0.1, 0.15) is 5.82 Å². The highest BCUT2D eigenvalue weighted by atomic mass is 16.5. The zero-order valence-electron chi connectivity index (χ0n) is 18.5. The molecule has 6 heteroatoms. The smallest absolute Gasteiger partial charge is 0.251 e. The topological polar surface area (TPSA) is 71.9 Å². The number of H-pyrrole nitrogens is 1. The van der Waals surface area contributed by atoms with Crippen molar-refractivity contribution < 1.29 is 9.53 Å². The minimum Gasteiger partial charge on any atom is -0.383 e. The van der Waals surface area contributed by atoms with Gasteiger partial charge in [-0.05, 0) is 47.7 Å². The van der Waals surface area contributed by atoms with E-state index in [9.17, 15) is 4.79 Å². The van der Waals surface area contributed by atoms with E-state index in [1.165, 1.54) is 0 Å². The summed E-state index contributed by atoms with van der Waals surface area (Å²) in [6.45, 7) is 1.35. The Kier molecular flexibility index (Phi) is 5.91. The number of nitrogens with one attached hydrogen (secondary N) is 2. The van der Waals surface area contributed by atoms with Gasteiger partial charge in [0.2, 0.25) is 0 Å². The van der Waals surface area contributed by atoms with E-state index in [-0.39, 0.29) is 11.9 Å². The Labute approximate surface area is 192 Å². The molecule has 5 aromatic rings. The normalized spacial score (nSPS) is 12.3. The molecule has 2 N–H and O–H groups in total. The molecule has 0 bridgehead atoms. The number of ether oxygens (including phenoxy) is 1. The lowest BCUT2D eigenvalue weighted by Crippen LogP contribution is -2.30. The van der Waals surface area contributed by atoms with Gasteiger partial charge in [-0.3, -0.25) is 4.79 Å². The summed E-state index contributed by atoms with van der Waals surface area (Å²) < 4.78 is 7.32. The molecular weight excluding hydrogens is 412 g/mol. The van der Waals surface area contributed by atoms with Crippen molar-refractivity contribution in [3.63, 3.8) is 0 Å². The number of hydrogen-bond acceptors (Lipinski definition) is 3. The number of para-hydroxylation sites is 2. The molecule has 1 amide bonds. The molecule has 3 aromatic carbocycles. The molecule has 0 aliphatic heterocycles. The summed E-state index contributed by atoms with van der Waals surface area (Å²) in [5.74, 6) is 0.621. The van der Waals surface area contributed by atoms with Crippen molar-refractivity contribution in [2.75, 3.05) is 13.7 Å². The van der Waals surface area contributed by atoms with Crippen LogP contribution in [0.5, 0.6) is 0 Å². The molecular formula is C27H26N4O2. The summed E-state index contributed by atoms with van der Waals surface area (Å²) in [5.41, 5.74) is 4.61. The molecule has 0 saturated heterocycles. The highest BCUT2D eigenvalue weighted by molar-refractivity contribution is 5.98. The number of hydrogen-bond donors (Lipinski definition) is 2. The lowest BCUT2D eigenvalue weighted by molar-refractivity contribution is 0.0935. The Bertz CT molecular complexity index is 1350. The predicted molar refractivity (Wildman–Crippen MR) is 130 cm³/mol. The van der Waals surface area contributed by atoms with E-state index in [0.29, 0.717) is 18.6 Å². The van der Waals surface area contributed by atoms with Gasteiger partial charge in [0.05, 0.1) is 23.7 Å². The van der Waals surface area contributed by atoms with Gasteiger partial charge in [0, 0.05) is 30.9 Å².